The molecule has 1 aromatic carbocycles. The number of methoxy groups -OCH3 is 1. The lowest BCUT2D eigenvalue weighted by atomic mass is 10.0. The van der Waals surface area contributed by atoms with E-state index in [1.807, 2.05) is 31.3 Å². The third-order valence-corrected chi connectivity index (χ3v) is 3.03. The van der Waals surface area contributed by atoms with Crippen LogP contribution in [0.1, 0.15) is 12.1 Å². The van der Waals surface area contributed by atoms with Crippen LogP contribution in [0.3, 0.4) is 0 Å². The number of hydrogen-bond acceptors (Lipinski definition) is 3. The summed E-state index contributed by atoms with van der Waals surface area (Å²) in [5, 5.41) is 13.0. The Morgan fingerprint density at radius 3 is 2.79 bits per heavy atom. The second kappa shape index (κ2) is 5.56. The van der Waals surface area contributed by atoms with E-state index in [0.29, 0.717) is 6.42 Å². The van der Waals surface area contributed by atoms with Crippen LogP contribution in [-0.2, 0) is 18.3 Å². The summed E-state index contributed by atoms with van der Waals surface area (Å²) < 4.78 is 7.05. The van der Waals surface area contributed by atoms with Crippen molar-refractivity contribution in [3.05, 3.63) is 36.2 Å². The molecule has 0 amide bonds. The van der Waals surface area contributed by atoms with Crippen LogP contribution in [0, 0.1) is 0 Å². The highest BCUT2D eigenvalue weighted by Crippen LogP contribution is 2.32. The predicted octanol–water partition coefficient (Wildman–Crippen LogP) is 2.11. The van der Waals surface area contributed by atoms with Crippen LogP contribution in [0.2, 0.25) is 0 Å². The van der Waals surface area contributed by atoms with E-state index in [4.69, 9.17) is 9.84 Å². The van der Waals surface area contributed by atoms with Gasteiger partial charge in [0.05, 0.1) is 19.7 Å². The molecule has 19 heavy (non-hydrogen) atoms. The van der Waals surface area contributed by atoms with E-state index in [9.17, 15) is 4.79 Å². The zero-order valence-corrected chi connectivity index (χ0v) is 11.0. The molecule has 0 aliphatic heterocycles. The summed E-state index contributed by atoms with van der Waals surface area (Å²) in [5.74, 6) is -0.0562. The highest BCUT2D eigenvalue weighted by atomic mass is 16.5. The van der Waals surface area contributed by atoms with Crippen LogP contribution in [0.4, 0.5) is 0 Å². The number of carboxylic acid groups (broad SMARTS) is 1. The molecule has 0 aliphatic carbocycles. The normalized spacial score (nSPS) is 10.4. The van der Waals surface area contributed by atoms with Crippen LogP contribution < -0.4 is 4.74 Å². The average molecular weight is 260 g/mol. The van der Waals surface area contributed by atoms with Crippen LogP contribution in [-0.4, -0.2) is 28.0 Å². The minimum Gasteiger partial charge on any atom is -0.496 e. The van der Waals surface area contributed by atoms with Crippen LogP contribution in [0.15, 0.2) is 30.5 Å². The van der Waals surface area contributed by atoms with Gasteiger partial charge >= 0.3 is 5.97 Å². The molecule has 0 radical (unpaired) electrons. The third kappa shape index (κ3) is 2.76. The quantitative estimate of drug-likeness (QED) is 0.894. The first-order valence-electron chi connectivity index (χ1n) is 5.99. The van der Waals surface area contributed by atoms with Crippen molar-refractivity contribution in [2.75, 3.05) is 7.11 Å². The van der Waals surface area contributed by atoms with E-state index >= 15 is 0 Å². The maximum absolute atomic E-state index is 10.7. The summed E-state index contributed by atoms with van der Waals surface area (Å²) >= 11 is 0. The summed E-state index contributed by atoms with van der Waals surface area (Å²) in [5.41, 5.74) is 2.74. The molecule has 0 aliphatic rings. The van der Waals surface area contributed by atoms with E-state index in [2.05, 4.69) is 5.10 Å². The lowest BCUT2D eigenvalue weighted by Crippen LogP contribution is -2.04. The molecule has 100 valence electrons. The van der Waals surface area contributed by atoms with Crippen molar-refractivity contribution < 1.29 is 14.6 Å². The van der Waals surface area contributed by atoms with Gasteiger partial charge in [-0.2, -0.15) is 5.10 Å². The Bertz CT molecular complexity index is 590. The number of rotatable bonds is 5. The molecular formula is C14H16N2O3. The van der Waals surface area contributed by atoms with Crippen molar-refractivity contribution in [1.29, 1.82) is 0 Å². The van der Waals surface area contributed by atoms with Gasteiger partial charge in [0.2, 0.25) is 0 Å². The largest absolute Gasteiger partial charge is 0.496 e. The van der Waals surface area contributed by atoms with Crippen molar-refractivity contribution in [3.63, 3.8) is 0 Å². The molecule has 0 atom stereocenters. The monoisotopic (exact) mass is 260 g/mol. The van der Waals surface area contributed by atoms with E-state index in [0.717, 1.165) is 22.6 Å². The fourth-order valence-electron chi connectivity index (χ4n) is 2.08. The molecule has 5 heteroatoms. The second-order valence-electron chi connectivity index (χ2n) is 4.22. The first-order valence-corrected chi connectivity index (χ1v) is 5.99. The maximum Gasteiger partial charge on any atom is 0.303 e. The molecule has 2 rings (SSSR count). The Kier molecular flexibility index (Phi) is 3.85. The minimum atomic E-state index is -0.813. The number of nitrogens with zero attached hydrogens (tertiary/aromatic N) is 2. The molecular weight excluding hydrogens is 244 g/mol. The molecule has 0 saturated carbocycles. The smallest absolute Gasteiger partial charge is 0.303 e. The summed E-state index contributed by atoms with van der Waals surface area (Å²) in [6.07, 6.45) is 2.27. The average Bonchev–Trinajstić information content (AvgIpc) is 2.77. The molecule has 0 fully saturated rings. The van der Waals surface area contributed by atoms with E-state index in [-0.39, 0.29) is 6.42 Å². The first kappa shape index (κ1) is 13.1. The molecule has 0 bridgehead atoms. The van der Waals surface area contributed by atoms with Crippen molar-refractivity contribution in [2.24, 2.45) is 7.05 Å². The van der Waals surface area contributed by atoms with Crippen LogP contribution in [0.25, 0.3) is 11.1 Å². The highest BCUT2D eigenvalue weighted by Gasteiger charge is 2.14. The summed E-state index contributed by atoms with van der Waals surface area (Å²) in [4.78, 5) is 10.7. The molecule has 5 nitrogen and oxygen atoms in total. The fourth-order valence-corrected chi connectivity index (χ4v) is 2.08. The Hall–Kier alpha value is -2.30. The van der Waals surface area contributed by atoms with Gasteiger partial charge in [0.25, 0.3) is 0 Å². The summed E-state index contributed by atoms with van der Waals surface area (Å²) in [6.45, 7) is 0. The van der Waals surface area contributed by atoms with Gasteiger partial charge in [0, 0.05) is 30.3 Å². The third-order valence-electron chi connectivity index (χ3n) is 3.03. The van der Waals surface area contributed by atoms with E-state index in [1.165, 1.54) is 0 Å². The van der Waals surface area contributed by atoms with Crippen molar-refractivity contribution in [1.82, 2.24) is 9.78 Å². The van der Waals surface area contributed by atoms with Gasteiger partial charge in [0.15, 0.2) is 0 Å². The summed E-state index contributed by atoms with van der Waals surface area (Å²) in [6, 6.07) is 7.64. The topological polar surface area (TPSA) is 64.4 Å². The Labute approximate surface area is 111 Å². The Morgan fingerprint density at radius 1 is 1.37 bits per heavy atom. The van der Waals surface area contributed by atoms with Crippen molar-refractivity contribution in [2.45, 2.75) is 12.8 Å². The second-order valence-corrected chi connectivity index (χ2v) is 4.22. The van der Waals surface area contributed by atoms with Gasteiger partial charge < -0.3 is 9.84 Å². The van der Waals surface area contributed by atoms with Gasteiger partial charge in [-0.1, -0.05) is 18.2 Å². The maximum atomic E-state index is 10.7. The number of aromatic nitrogens is 2. The van der Waals surface area contributed by atoms with Crippen LogP contribution >= 0.6 is 0 Å². The van der Waals surface area contributed by atoms with Crippen molar-refractivity contribution >= 4 is 5.97 Å². The predicted molar refractivity (Wildman–Crippen MR) is 71.2 cm³/mol. The lowest BCUT2D eigenvalue weighted by Gasteiger charge is -2.09. The molecule has 2 aromatic rings. The summed E-state index contributed by atoms with van der Waals surface area (Å²) in [7, 11) is 3.43. The zero-order chi connectivity index (χ0) is 13.8. The lowest BCUT2D eigenvalue weighted by molar-refractivity contribution is -0.136. The number of ether oxygens (including phenoxy) is 1. The minimum absolute atomic E-state index is 0.0850. The molecule has 0 saturated heterocycles. The molecule has 1 N–H and O–H groups in total. The fraction of sp³-hybridized carbons (Fsp3) is 0.286. The number of aryl methyl sites for hydroxylation is 1. The van der Waals surface area contributed by atoms with Gasteiger partial charge in [-0.15, -0.1) is 0 Å². The van der Waals surface area contributed by atoms with E-state index < -0.39 is 5.97 Å². The molecule has 1 heterocycles. The SMILES string of the molecule is COc1ccccc1-c1cnn(C)c1CCC(=O)O. The highest BCUT2D eigenvalue weighted by molar-refractivity contribution is 5.73. The van der Waals surface area contributed by atoms with E-state index in [1.54, 1.807) is 18.0 Å². The standard InChI is InChI=1S/C14H16N2O3/c1-16-12(7-8-14(17)18)11(9-15-16)10-5-3-4-6-13(10)19-2/h3-6,9H,7-8H2,1-2H3,(H,17,18). The number of benzene rings is 1. The number of para-hydroxylation sites is 1. The van der Waals surface area contributed by atoms with Gasteiger partial charge in [-0.3, -0.25) is 9.48 Å². The number of hydrogen-bond donors (Lipinski definition) is 1. The molecule has 1 aromatic heterocycles. The number of aliphatic carboxylic acids is 1. The van der Waals surface area contributed by atoms with Crippen molar-refractivity contribution in [3.8, 4) is 16.9 Å². The zero-order valence-electron chi connectivity index (χ0n) is 11.0. The first-order chi connectivity index (χ1) is 9.13. The molecule has 0 unspecified atom stereocenters. The Morgan fingerprint density at radius 2 is 2.11 bits per heavy atom. The van der Waals surface area contributed by atoms with Crippen LogP contribution in [0.5, 0.6) is 5.75 Å². The number of carboxylic acids is 1. The van der Waals surface area contributed by atoms with Gasteiger partial charge in [-0.05, 0) is 6.07 Å². The Balaban J connectivity index is 2.42. The molecule has 0 spiro atoms. The van der Waals surface area contributed by atoms with Gasteiger partial charge in [0.1, 0.15) is 5.75 Å². The number of carbonyl (C=O) groups is 1. The van der Waals surface area contributed by atoms with Gasteiger partial charge in [-0.25, -0.2) is 0 Å².